The fourth-order valence-corrected chi connectivity index (χ4v) is 2.41. The van der Waals surface area contributed by atoms with E-state index in [0.29, 0.717) is 32.5 Å². The SMILES string of the molecule is Cl.NCCNC(=O)C1CCCN(C(=O)c2ccc([N+](=O)[O-])o2)C1. The Morgan fingerprint density at radius 3 is 2.83 bits per heavy atom. The Labute approximate surface area is 138 Å². The number of furan rings is 1. The molecule has 0 bridgehead atoms. The van der Waals surface area contributed by atoms with Crippen LogP contribution >= 0.6 is 12.4 Å². The molecule has 128 valence electrons. The molecule has 1 fully saturated rings. The molecule has 2 amide bonds. The molecular weight excluding hydrogens is 328 g/mol. The van der Waals surface area contributed by atoms with Crippen LogP contribution in [0.1, 0.15) is 23.4 Å². The third-order valence-corrected chi connectivity index (χ3v) is 3.51. The molecule has 0 aromatic carbocycles. The largest absolute Gasteiger partial charge is 0.433 e. The number of piperidine rings is 1. The van der Waals surface area contributed by atoms with Gasteiger partial charge >= 0.3 is 5.88 Å². The third kappa shape index (κ3) is 4.67. The lowest BCUT2D eigenvalue weighted by molar-refractivity contribution is -0.402. The smallest absolute Gasteiger partial charge is 0.395 e. The predicted octanol–water partition coefficient (Wildman–Crippen LogP) is 0.537. The lowest BCUT2D eigenvalue weighted by Crippen LogP contribution is -2.46. The van der Waals surface area contributed by atoms with E-state index in [4.69, 9.17) is 10.2 Å². The van der Waals surface area contributed by atoms with Crippen molar-refractivity contribution < 1.29 is 18.9 Å². The molecular formula is C13H19ClN4O5. The molecule has 1 aromatic rings. The summed E-state index contributed by atoms with van der Waals surface area (Å²) in [7, 11) is 0. The van der Waals surface area contributed by atoms with Crippen molar-refractivity contribution in [2.24, 2.45) is 11.7 Å². The Bertz CT molecular complexity index is 576. The van der Waals surface area contributed by atoms with Gasteiger partial charge in [-0.25, -0.2) is 0 Å². The molecule has 10 heteroatoms. The zero-order chi connectivity index (χ0) is 16.1. The van der Waals surface area contributed by atoms with Gasteiger partial charge in [0.1, 0.15) is 4.92 Å². The molecule has 1 aliphatic heterocycles. The highest BCUT2D eigenvalue weighted by Gasteiger charge is 2.30. The van der Waals surface area contributed by atoms with Crippen molar-refractivity contribution in [3.63, 3.8) is 0 Å². The summed E-state index contributed by atoms with van der Waals surface area (Å²) in [6, 6.07) is 2.42. The summed E-state index contributed by atoms with van der Waals surface area (Å²) >= 11 is 0. The third-order valence-electron chi connectivity index (χ3n) is 3.51. The first-order chi connectivity index (χ1) is 10.5. The van der Waals surface area contributed by atoms with Crippen molar-refractivity contribution in [1.29, 1.82) is 0 Å². The summed E-state index contributed by atoms with van der Waals surface area (Å²) in [5.74, 6) is -1.43. The number of likely N-dealkylation sites (tertiary alicyclic amines) is 1. The van der Waals surface area contributed by atoms with E-state index in [1.807, 2.05) is 0 Å². The molecule has 0 aliphatic carbocycles. The number of nitrogens with two attached hydrogens (primary N) is 1. The van der Waals surface area contributed by atoms with E-state index in [2.05, 4.69) is 5.32 Å². The van der Waals surface area contributed by atoms with Crippen molar-refractivity contribution in [2.75, 3.05) is 26.2 Å². The average Bonchev–Trinajstić information content (AvgIpc) is 3.02. The quantitative estimate of drug-likeness (QED) is 0.590. The van der Waals surface area contributed by atoms with Crippen LogP contribution in [0.5, 0.6) is 0 Å². The molecule has 9 nitrogen and oxygen atoms in total. The first-order valence-corrected chi connectivity index (χ1v) is 7.04. The summed E-state index contributed by atoms with van der Waals surface area (Å²) < 4.78 is 4.91. The minimum atomic E-state index is -0.698. The Kier molecular flexibility index (Phi) is 6.98. The van der Waals surface area contributed by atoms with Crippen molar-refractivity contribution in [2.45, 2.75) is 12.8 Å². The van der Waals surface area contributed by atoms with E-state index in [-0.39, 0.29) is 36.5 Å². The maximum absolute atomic E-state index is 12.3. The number of nitrogens with zero attached hydrogens (tertiary/aromatic N) is 2. The van der Waals surface area contributed by atoms with Crippen LogP contribution in [0.15, 0.2) is 16.5 Å². The Morgan fingerprint density at radius 2 is 2.22 bits per heavy atom. The van der Waals surface area contributed by atoms with E-state index in [1.54, 1.807) is 0 Å². The van der Waals surface area contributed by atoms with Gasteiger partial charge in [-0.2, -0.15) is 0 Å². The van der Waals surface area contributed by atoms with Crippen LogP contribution in [0.2, 0.25) is 0 Å². The fourth-order valence-electron chi connectivity index (χ4n) is 2.41. The number of rotatable bonds is 5. The second-order valence-corrected chi connectivity index (χ2v) is 5.07. The van der Waals surface area contributed by atoms with Gasteiger partial charge in [-0.05, 0) is 18.9 Å². The second-order valence-electron chi connectivity index (χ2n) is 5.07. The van der Waals surface area contributed by atoms with Gasteiger partial charge in [0.25, 0.3) is 5.91 Å². The number of carbonyl (C=O) groups is 2. The predicted molar refractivity (Wildman–Crippen MR) is 83.3 cm³/mol. The summed E-state index contributed by atoms with van der Waals surface area (Å²) in [5.41, 5.74) is 5.34. The molecule has 1 atom stereocenters. The molecule has 0 saturated carbocycles. The summed E-state index contributed by atoms with van der Waals surface area (Å²) in [4.78, 5) is 35.6. The van der Waals surface area contributed by atoms with Crippen LogP contribution in [0.4, 0.5) is 5.88 Å². The molecule has 3 N–H and O–H groups in total. The standard InChI is InChI=1S/C13H18N4O5.ClH/c14-5-6-15-12(18)9-2-1-7-16(8-9)13(19)10-3-4-11(22-10)17(20)21;/h3-4,9H,1-2,5-8,14H2,(H,15,18);1H. The Balaban J connectivity index is 0.00000264. The van der Waals surface area contributed by atoms with E-state index in [9.17, 15) is 19.7 Å². The first-order valence-electron chi connectivity index (χ1n) is 7.04. The highest BCUT2D eigenvalue weighted by molar-refractivity contribution is 5.92. The van der Waals surface area contributed by atoms with Crippen LogP contribution in [0.3, 0.4) is 0 Å². The topological polar surface area (TPSA) is 132 Å². The second kappa shape index (κ2) is 8.49. The van der Waals surface area contributed by atoms with Gasteiger partial charge in [-0.3, -0.25) is 19.7 Å². The maximum Gasteiger partial charge on any atom is 0.433 e. The Morgan fingerprint density at radius 1 is 1.48 bits per heavy atom. The lowest BCUT2D eigenvalue weighted by Gasteiger charge is -2.31. The number of nitrogens with one attached hydrogen (secondary N) is 1. The molecule has 1 aromatic heterocycles. The number of nitro groups is 1. The Hall–Kier alpha value is -2.13. The van der Waals surface area contributed by atoms with E-state index in [1.165, 1.54) is 11.0 Å². The van der Waals surface area contributed by atoms with E-state index in [0.717, 1.165) is 6.07 Å². The summed E-state index contributed by atoms with van der Waals surface area (Å²) in [6.45, 7) is 1.52. The van der Waals surface area contributed by atoms with Crippen molar-refractivity contribution in [3.05, 3.63) is 28.0 Å². The minimum Gasteiger partial charge on any atom is -0.395 e. The zero-order valence-electron chi connectivity index (χ0n) is 12.4. The van der Waals surface area contributed by atoms with Gasteiger partial charge in [-0.1, -0.05) is 0 Å². The highest BCUT2D eigenvalue weighted by Crippen LogP contribution is 2.21. The van der Waals surface area contributed by atoms with Crippen LogP contribution in [-0.4, -0.2) is 47.8 Å². The number of halogens is 1. The molecule has 0 radical (unpaired) electrons. The summed E-state index contributed by atoms with van der Waals surface area (Å²) in [5, 5.41) is 13.3. The van der Waals surface area contributed by atoms with Gasteiger partial charge in [0.2, 0.25) is 5.91 Å². The van der Waals surface area contributed by atoms with E-state index >= 15 is 0 Å². The molecule has 23 heavy (non-hydrogen) atoms. The highest BCUT2D eigenvalue weighted by atomic mass is 35.5. The van der Waals surface area contributed by atoms with Gasteiger partial charge in [-0.15, -0.1) is 12.4 Å². The molecule has 0 spiro atoms. The number of hydrogen-bond donors (Lipinski definition) is 2. The van der Waals surface area contributed by atoms with E-state index < -0.39 is 16.7 Å². The van der Waals surface area contributed by atoms with Gasteiger partial charge in [0.15, 0.2) is 5.76 Å². The fraction of sp³-hybridized carbons (Fsp3) is 0.538. The molecule has 1 aliphatic rings. The van der Waals surface area contributed by atoms with Crippen LogP contribution in [0, 0.1) is 16.0 Å². The molecule has 1 unspecified atom stereocenters. The number of hydrogen-bond acceptors (Lipinski definition) is 6. The van der Waals surface area contributed by atoms with Gasteiger partial charge < -0.3 is 20.4 Å². The van der Waals surface area contributed by atoms with Gasteiger partial charge in [0.05, 0.1) is 12.0 Å². The molecule has 1 saturated heterocycles. The van der Waals surface area contributed by atoms with Crippen LogP contribution in [-0.2, 0) is 4.79 Å². The summed E-state index contributed by atoms with van der Waals surface area (Å²) in [6.07, 6.45) is 1.38. The number of carbonyl (C=O) groups excluding carboxylic acids is 2. The molecule has 2 heterocycles. The van der Waals surface area contributed by atoms with Crippen LogP contribution < -0.4 is 11.1 Å². The maximum atomic E-state index is 12.3. The average molecular weight is 347 g/mol. The monoisotopic (exact) mass is 346 g/mol. The number of amides is 2. The van der Waals surface area contributed by atoms with Crippen molar-refractivity contribution in [3.8, 4) is 0 Å². The first kappa shape index (κ1) is 18.9. The van der Waals surface area contributed by atoms with Crippen molar-refractivity contribution in [1.82, 2.24) is 10.2 Å². The normalized spacial score (nSPS) is 17.3. The zero-order valence-corrected chi connectivity index (χ0v) is 13.2. The van der Waals surface area contributed by atoms with Crippen LogP contribution in [0.25, 0.3) is 0 Å². The van der Waals surface area contributed by atoms with Gasteiger partial charge in [0, 0.05) is 26.2 Å². The van der Waals surface area contributed by atoms with Crippen molar-refractivity contribution >= 4 is 30.1 Å². The molecule has 2 rings (SSSR count). The minimum absolute atomic E-state index is 0. The lowest BCUT2D eigenvalue weighted by atomic mass is 9.97.